The Morgan fingerprint density at radius 3 is 2.18 bits per heavy atom. The number of rotatable bonds is 10. The first-order valence-electron chi connectivity index (χ1n) is 5.61. The lowest BCUT2D eigenvalue weighted by atomic mass is 10.0. The standard InChI is InChI=1S/C9H22N2O6/c1-3-8(2)5-4-6-9(17-11(14)15)7-16-10(12)13/h8-9,12-15H,3-7H2,1-2H3/t8?,9-/m0/s1. The molecule has 0 saturated heterocycles. The van der Waals surface area contributed by atoms with Crippen molar-refractivity contribution in [2.45, 2.75) is 45.6 Å². The van der Waals surface area contributed by atoms with Gasteiger partial charge in [-0.15, -0.1) is 0 Å². The van der Waals surface area contributed by atoms with Gasteiger partial charge in [0.1, 0.15) is 12.7 Å². The summed E-state index contributed by atoms with van der Waals surface area (Å²) in [6.45, 7) is 4.02. The highest BCUT2D eigenvalue weighted by atomic mass is 17.1. The molecule has 0 amide bonds. The molecule has 0 fully saturated rings. The van der Waals surface area contributed by atoms with Gasteiger partial charge in [0.05, 0.1) is 10.8 Å². The molecule has 0 bridgehead atoms. The molecule has 8 heteroatoms. The van der Waals surface area contributed by atoms with Crippen molar-refractivity contribution in [1.82, 2.24) is 10.8 Å². The van der Waals surface area contributed by atoms with Gasteiger partial charge in [-0.25, -0.2) is 9.68 Å². The van der Waals surface area contributed by atoms with E-state index in [0.29, 0.717) is 12.3 Å². The van der Waals surface area contributed by atoms with Gasteiger partial charge in [-0.05, 0) is 12.3 Å². The average Bonchev–Trinajstić information content (AvgIpc) is 2.24. The van der Waals surface area contributed by atoms with Gasteiger partial charge in [-0.1, -0.05) is 33.1 Å². The van der Waals surface area contributed by atoms with Crippen molar-refractivity contribution in [1.29, 1.82) is 0 Å². The molecular weight excluding hydrogens is 232 g/mol. The summed E-state index contributed by atoms with van der Waals surface area (Å²) in [6.07, 6.45) is 2.71. The first-order valence-corrected chi connectivity index (χ1v) is 5.61. The maximum absolute atomic E-state index is 8.52. The lowest BCUT2D eigenvalue weighted by Gasteiger charge is -2.19. The van der Waals surface area contributed by atoms with Crippen molar-refractivity contribution < 1.29 is 30.5 Å². The molecule has 0 spiro atoms. The summed E-state index contributed by atoms with van der Waals surface area (Å²) in [5.74, 6) is 0.586. The van der Waals surface area contributed by atoms with Gasteiger partial charge in [0.15, 0.2) is 0 Å². The predicted octanol–water partition coefficient (Wildman–Crippen LogP) is 1.60. The Balaban J connectivity index is 3.84. The fourth-order valence-corrected chi connectivity index (χ4v) is 1.35. The van der Waals surface area contributed by atoms with E-state index in [0.717, 1.165) is 19.3 Å². The Morgan fingerprint density at radius 1 is 1.06 bits per heavy atom. The molecule has 0 aromatic heterocycles. The van der Waals surface area contributed by atoms with Crippen molar-refractivity contribution in [2.75, 3.05) is 6.61 Å². The highest BCUT2D eigenvalue weighted by Crippen LogP contribution is 2.14. The van der Waals surface area contributed by atoms with Crippen molar-refractivity contribution in [3.05, 3.63) is 0 Å². The second-order valence-electron chi connectivity index (χ2n) is 3.97. The zero-order valence-corrected chi connectivity index (χ0v) is 10.2. The lowest BCUT2D eigenvalue weighted by Crippen LogP contribution is -2.31. The minimum atomic E-state index is -0.671. The zero-order chi connectivity index (χ0) is 13.3. The maximum Gasteiger partial charge on any atom is 0.110 e. The molecule has 0 saturated carbocycles. The van der Waals surface area contributed by atoms with Crippen molar-refractivity contribution in [2.24, 2.45) is 5.92 Å². The van der Waals surface area contributed by atoms with Crippen LogP contribution in [0.2, 0.25) is 0 Å². The molecule has 4 N–H and O–H groups in total. The SMILES string of the molecule is CCC(C)CCC[C@@H](CON(O)O)ON(O)O. The van der Waals surface area contributed by atoms with Gasteiger partial charge in [0.25, 0.3) is 0 Å². The van der Waals surface area contributed by atoms with Crippen LogP contribution in [0.15, 0.2) is 0 Å². The summed E-state index contributed by atoms with van der Waals surface area (Å²) in [6, 6.07) is 0. The van der Waals surface area contributed by atoms with E-state index in [-0.39, 0.29) is 6.61 Å². The van der Waals surface area contributed by atoms with Crippen molar-refractivity contribution in [3.8, 4) is 0 Å². The van der Waals surface area contributed by atoms with E-state index in [2.05, 4.69) is 23.5 Å². The van der Waals surface area contributed by atoms with Crippen LogP contribution >= 0.6 is 0 Å². The van der Waals surface area contributed by atoms with E-state index >= 15 is 0 Å². The molecule has 1 unspecified atom stereocenters. The molecule has 0 aliphatic heterocycles. The van der Waals surface area contributed by atoms with Crippen LogP contribution in [-0.2, 0) is 9.68 Å². The number of hydrogen-bond acceptors (Lipinski definition) is 8. The van der Waals surface area contributed by atoms with Gasteiger partial charge in [0.2, 0.25) is 0 Å². The van der Waals surface area contributed by atoms with E-state index in [9.17, 15) is 0 Å². The van der Waals surface area contributed by atoms with E-state index in [1.807, 2.05) is 0 Å². The van der Waals surface area contributed by atoms with E-state index < -0.39 is 16.9 Å². The monoisotopic (exact) mass is 254 g/mol. The average molecular weight is 254 g/mol. The Labute approximate surface area is 100 Å². The highest BCUT2D eigenvalue weighted by molar-refractivity contribution is 4.58. The summed E-state index contributed by atoms with van der Waals surface area (Å²) >= 11 is 0. The first-order chi connectivity index (χ1) is 7.95. The fourth-order valence-electron chi connectivity index (χ4n) is 1.35. The van der Waals surface area contributed by atoms with Crippen LogP contribution in [0, 0.1) is 5.92 Å². The summed E-state index contributed by atoms with van der Waals surface area (Å²) in [5.41, 5.74) is 0. The lowest BCUT2D eigenvalue weighted by molar-refractivity contribution is -0.527. The van der Waals surface area contributed by atoms with E-state index in [1.165, 1.54) is 0 Å². The van der Waals surface area contributed by atoms with Crippen LogP contribution in [-0.4, -0.2) is 44.3 Å². The van der Waals surface area contributed by atoms with Gasteiger partial charge >= 0.3 is 0 Å². The molecule has 0 rings (SSSR count). The van der Waals surface area contributed by atoms with E-state index in [1.54, 1.807) is 0 Å². The van der Waals surface area contributed by atoms with Crippen LogP contribution < -0.4 is 0 Å². The Hall–Kier alpha value is -0.320. The molecule has 0 aromatic rings. The molecule has 0 radical (unpaired) electrons. The third-order valence-corrected chi connectivity index (χ3v) is 2.54. The van der Waals surface area contributed by atoms with Gasteiger partial charge in [-0.2, -0.15) is 0 Å². The van der Waals surface area contributed by atoms with Gasteiger partial charge in [0, 0.05) is 0 Å². The second-order valence-corrected chi connectivity index (χ2v) is 3.97. The topological polar surface area (TPSA) is 106 Å². The summed E-state index contributed by atoms with van der Waals surface area (Å²) in [7, 11) is 0. The molecule has 2 atom stereocenters. The Bertz CT molecular complexity index is 181. The van der Waals surface area contributed by atoms with Crippen LogP contribution in [0.3, 0.4) is 0 Å². The third kappa shape index (κ3) is 10.5. The molecule has 8 nitrogen and oxygen atoms in total. The molecule has 17 heavy (non-hydrogen) atoms. The predicted molar refractivity (Wildman–Crippen MR) is 55.0 cm³/mol. The summed E-state index contributed by atoms with van der Waals surface area (Å²) in [5, 5.41) is 32.9. The second kappa shape index (κ2) is 9.68. The summed E-state index contributed by atoms with van der Waals surface area (Å²) < 4.78 is 0. The van der Waals surface area contributed by atoms with E-state index in [4.69, 9.17) is 20.8 Å². The molecular formula is C9H22N2O6. The summed E-state index contributed by atoms with van der Waals surface area (Å²) in [4.78, 5) is 8.95. The Morgan fingerprint density at radius 2 is 1.71 bits per heavy atom. The molecule has 0 aliphatic carbocycles. The third-order valence-electron chi connectivity index (χ3n) is 2.54. The minimum absolute atomic E-state index is 0.203. The number of hydrogen-bond donors (Lipinski definition) is 4. The fraction of sp³-hybridized carbons (Fsp3) is 1.00. The molecule has 0 aliphatic rings. The molecule has 104 valence electrons. The zero-order valence-electron chi connectivity index (χ0n) is 10.2. The minimum Gasteiger partial charge on any atom is -0.266 e. The van der Waals surface area contributed by atoms with Crippen molar-refractivity contribution in [3.63, 3.8) is 0 Å². The highest BCUT2D eigenvalue weighted by Gasteiger charge is 2.15. The Kier molecular flexibility index (Phi) is 9.50. The number of nitrogens with zero attached hydrogens (tertiary/aromatic N) is 2. The van der Waals surface area contributed by atoms with Crippen LogP contribution in [0.4, 0.5) is 0 Å². The first kappa shape index (κ1) is 16.7. The maximum atomic E-state index is 8.52. The normalized spacial score (nSPS) is 15.5. The van der Waals surface area contributed by atoms with Crippen molar-refractivity contribution >= 4 is 0 Å². The quantitative estimate of drug-likeness (QED) is 0.435. The van der Waals surface area contributed by atoms with Gasteiger partial charge < -0.3 is 0 Å². The molecule has 0 aromatic carbocycles. The largest absolute Gasteiger partial charge is 0.266 e. The van der Waals surface area contributed by atoms with Crippen LogP contribution in [0.25, 0.3) is 0 Å². The van der Waals surface area contributed by atoms with Crippen LogP contribution in [0.5, 0.6) is 0 Å². The smallest absolute Gasteiger partial charge is 0.110 e. The van der Waals surface area contributed by atoms with Crippen LogP contribution in [0.1, 0.15) is 39.5 Å². The van der Waals surface area contributed by atoms with Gasteiger partial charge in [-0.3, -0.25) is 20.8 Å². The molecule has 0 heterocycles.